The molecule has 3 amide bonds. The van der Waals surface area contributed by atoms with Crippen molar-refractivity contribution in [2.75, 3.05) is 6.54 Å². The molecule has 0 radical (unpaired) electrons. The molecule has 3 atom stereocenters. The van der Waals surface area contributed by atoms with Crippen molar-refractivity contribution in [1.82, 2.24) is 10.2 Å². The van der Waals surface area contributed by atoms with Crippen molar-refractivity contribution in [1.29, 1.82) is 0 Å². The number of amides is 3. The van der Waals surface area contributed by atoms with Gasteiger partial charge in [0.1, 0.15) is 6.04 Å². The lowest BCUT2D eigenvalue weighted by atomic mass is 9.85. The van der Waals surface area contributed by atoms with Gasteiger partial charge >= 0.3 is 0 Å². The maximum atomic E-state index is 12.5. The van der Waals surface area contributed by atoms with Gasteiger partial charge in [-0.3, -0.25) is 19.3 Å². The first kappa shape index (κ1) is 17.7. The minimum Gasteiger partial charge on any atom is -0.354 e. The van der Waals surface area contributed by atoms with Crippen molar-refractivity contribution in [2.24, 2.45) is 11.8 Å². The largest absolute Gasteiger partial charge is 0.354 e. The molecule has 0 bridgehead atoms. The van der Waals surface area contributed by atoms with Crippen LogP contribution in [-0.4, -0.2) is 35.2 Å². The summed E-state index contributed by atoms with van der Waals surface area (Å²) in [6, 6.07) is 6.64. The number of carbonyl (C=O) groups is 3. The van der Waals surface area contributed by atoms with Gasteiger partial charge in [0.05, 0.1) is 11.8 Å². The molecule has 0 saturated carbocycles. The fourth-order valence-corrected chi connectivity index (χ4v) is 3.58. The zero-order chi connectivity index (χ0) is 18.0. The number of rotatable bonds is 5. The van der Waals surface area contributed by atoms with E-state index < -0.39 is 6.04 Å². The Hall–Kier alpha value is -2.14. The highest BCUT2D eigenvalue weighted by molar-refractivity contribution is 6.30. The summed E-state index contributed by atoms with van der Waals surface area (Å²) >= 11 is 5.85. The second-order valence-corrected chi connectivity index (χ2v) is 6.98. The minimum absolute atomic E-state index is 0.222. The fourth-order valence-electron chi connectivity index (χ4n) is 3.45. The summed E-state index contributed by atoms with van der Waals surface area (Å²) < 4.78 is 0. The number of likely N-dealkylation sites (tertiary alicyclic amines) is 1. The number of imide groups is 1. The molecule has 0 aromatic heterocycles. The van der Waals surface area contributed by atoms with E-state index in [-0.39, 0.29) is 29.6 Å². The molecule has 2 aliphatic rings. The molecule has 6 heteroatoms. The van der Waals surface area contributed by atoms with Crippen LogP contribution in [0.3, 0.4) is 0 Å². The predicted octanol–water partition coefficient (Wildman–Crippen LogP) is 2.34. The quantitative estimate of drug-likeness (QED) is 0.647. The van der Waals surface area contributed by atoms with E-state index in [1.165, 1.54) is 0 Å². The Morgan fingerprint density at radius 3 is 2.28 bits per heavy atom. The first-order chi connectivity index (χ1) is 12.0. The third kappa shape index (κ3) is 3.61. The smallest absolute Gasteiger partial charge is 0.243 e. The maximum Gasteiger partial charge on any atom is 0.243 e. The van der Waals surface area contributed by atoms with Gasteiger partial charge in [0.25, 0.3) is 0 Å². The second kappa shape index (κ2) is 7.40. The first-order valence-corrected chi connectivity index (χ1v) is 8.91. The van der Waals surface area contributed by atoms with Gasteiger partial charge in [0, 0.05) is 11.6 Å². The van der Waals surface area contributed by atoms with Gasteiger partial charge in [0.2, 0.25) is 17.7 Å². The second-order valence-electron chi connectivity index (χ2n) is 6.55. The molecule has 1 aliphatic heterocycles. The summed E-state index contributed by atoms with van der Waals surface area (Å²) in [5, 5.41) is 3.48. The van der Waals surface area contributed by atoms with E-state index in [0.29, 0.717) is 30.8 Å². The number of hydrogen-bond donors (Lipinski definition) is 1. The zero-order valence-corrected chi connectivity index (χ0v) is 14.8. The van der Waals surface area contributed by atoms with Crippen LogP contribution in [0.15, 0.2) is 36.4 Å². The Labute approximate surface area is 152 Å². The molecule has 1 heterocycles. The van der Waals surface area contributed by atoms with E-state index in [4.69, 9.17) is 11.6 Å². The van der Waals surface area contributed by atoms with Crippen LogP contribution in [0.5, 0.6) is 0 Å². The topological polar surface area (TPSA) is 66.5 Å². The van der Waals surface area contributed by atoms with Crippen LogP contribution in [0.2, 0.25) is 5.02 Å². The number of nitrogens with one attached hydrogen (secondary N) is 1. The lowest BCUT2D eigenvalue weighted by Crippen LogP contribution is -2.48. The number of benzene rings is 1. The van der Waals surface area contributed by atoms with Gasteiger partial charge in [-0.25, -0.2) is 0 Å². The molecule has 0 spiro atoms. The highest BCUT2D eigenvalue weighted by Crippen LogP contribution is 2.36. The summed E-state index contributed by atoms with van der Waals surface area (Å²) in [6.07, 6.45) is 5.69. The standard InChI is InChI=1S/C19H21ClN2O3/c1-12(17(23)21-11-10-13-6-8-14(20)9-7-13)22-18(24)15-4-2-3-5-16(15)19(22)25/h2-3,6-9,12,15-16H,4-5,10-11H2,1H3,(H,21,23). The number of hydrogen-bond acceptors (Lipinski definition) is 3. The van der Waals surface area contributed by atoms with Crippen LogP contribution < -0.4 is 5.32 Å². The third-order valence-electron chi connectivity index (χ3n) is 4.93. The van der Waals surface area contributed by atoms with Crippen LogP contribution in [-0.2, 0) is 20.8 Å². The summed E-state index contributed by atoms with van der Waals surface area (Å²) in [5.41, 5.74) is 1.06. The van der Waals surface area contributed by atoms with Crippen LogP contribution >= 0.6 is 11.6 Å². The number of allylic oxidation sites excluding steroid dienone is 2. The number of halogens is 1. The minimum atomic E-state index is -0.782. The van der Waals surface area contributed by atoms with E-state index >= 15 is 0 Å². The monoisotopic (exact) mass is 360 g/mol. The molecule has 1 fully saturated rings. The van der Waals surface area contributed by atoms with E-state index in [1.807, 2.05) is 24.3 Å². The fraction of sp³-hybridized carbons (Fsp3) is 0.421. The van der Waals surface area contributed by atoms with Crippen molar-refractivity contribution in [3.8, 4) is 0 Å². The first-order valence-electron chi connectivity index (χ1n) is 8.53. The average Bonchev–Trinajstić information content (AvgIpc) is 2.87. The SMILES string of the molecule is CC(C(=O)NCCc1ccc(Cl)cc1)N1C(=O)C2CC=CCC2C1=O. The van der Waals surface area contributed by atoms with E-state index in [9.17, 15) is 14.4 Å². The highest BCUT2D eigenvalue weighted by atomic mass is 35.5. The van der Waals surface area contributed by atoms with E-state index in [2.05, 4.69) is 5.32 Å². The number of carbonyl (C=O) groups excluding carboxylic acids is 3. The van der Waals surface area contributed by atoms with Crippen molar-refractivity contribution < 1.29 is 14.4 Å². The maximum absolute atomic E-state index is 12.5. The van der Waals surface area contributed by atoms with E-state index in [1.54, 1.807) is 19.1 Å². The Morgan fingerprint density at radius 1 is 1.16 bits per heavy atom. The molecule has 1 N–H and O–H groups in total. The summed E-state index contributed by atoms with van der Waals surface area (Å²) in [5.74, 6) is -1.36. The molecule has 132 valence electrons. The molecular formula is C19H21ClN2O3. The predicted molar refractivity (Wildman–Crippen MR) is 94.8 cm³/mol. The third-order valence-corrected chi connectivity index (χ3v) is 5.19. The molecular weight excluding hydrogens is 340 g/mol. The van der Waals surface area contributed by atoms with Crippen LogP contribution in [0, 0.1) is 11.8 Å². The van der Waals surface area contributed by atoms with Crippen LogP contribution in [0.4, 0.5) is 0 Å². The normalized spacial score (nSPS) is 23.5. The lowest BCUT2D eigenvalue weighted by molar-refractivity contribution is -0.147. The Kier molecular flexibility index (Phi) is 5.23. The molecule has 1 aromatic rings. The van der Waals surface area contributed by atoms with E-state index in [0.717, 1.165) is 10.5 Å². The Balaban J connectivity index is 1.56. The summed E-state index contributed by atoms with van der Waals surface area (Å²) in [6.45, 7) is 2.05. The number of nitrogens with zero attached hydrogens (tertiary/aromatic N) is 1. The molecule has 5 nitrogen and oxygen atoms in total. The Bertz CT molecular complexity index is 688. The van der Waals surface area contributed by atoms with Crippen molar-refractivity contribution in [2.45, 2.75) is 32.2 Å². The average molecular weight is 361 g/mol. The lowest BCUT2D eigenvalue weighted by Gasteiger charge is -2.22. The highest BCUT2D eigenvalue weighted by Gasteiger charge is 2.49. The molecule has 3 rings (SSSR count). The van der Waals surface area contributed by atoms with Gasteiger partial charge in [-0.1, -0.05) is 35.9 Å². The summed E-state index contributed by atoms with van der Waals surface area (Å²) in [7, 11) is 0. The molecule has 3 unspecified atom stereocenters. The molecule has 25 heavy (non-hydrogen) atoms. The van der Waals surface area contributed by atoms with Crippen molar-refractivity contribution in [3.63, 3.8) is 0 Å². The van der Waals surface area contributed by atoms with Gasteiger partial charge < -0.3 is 5.32 Å². The van der Waals surface area contributed by atoms with Gasteiger partial charge in [0.15, 0.2) is 0 Å². The summed E-state index contributed by atoms with van der Waals surface area (Å²) in [4.78, 5) is 38.5. The van der Waals surface area contributed by atoms with Crippen LogP contribution in [0.1, 0.15) is 25.3 Å². The van der Waals surface area contributed by atoms with Crippen LogP contribution in [0.25, 0.3) is 0 Å². The molecule has 1 aliphatic carbocycles. The molecule has 1 saturated heterocycles. The van der Waals surface area contributed by atoms with Crippen molar-refractivity contribution in [3.05, 3.63) is 47.0 Å². The van der Waals surface area contributed by atoms with Crippen molar-refractivity contribution >= 4 is 29.3 Å². The zero-order valence-electron chi connectivity index (χ0n) is 14.1. The van der Waals surface area contributed by atoms with Gasteiger partial charge in [-0.15, -0.1) is 0 Å². The Morgan fingerprint density at radius 2 is 1.72 bits per heavy atom. The molecule has 1 aromatic carbocycles. The van der Waals surface area contributed by atoms with Gasteiger partial charge in [-0.2, -0.15) is 0 Å². The number of fused-ring (bicyclic) bond motifs is 1. The van der Waals surface area contributed by atoms with Gasteiger partial charge in [-0.05, 0) is 43.9 Å².